The molecule has 0 bridgehead atoms. The molecule has 25 heavy (non-hydrogen) atoms. The summed E-state index contributed by atoms with van der Waals surface area (Å²) in [6.45, 7) is 5.97. The molecule has 0 amide bonds. The summed E-state index contributed by atoms with van der Waals surface area (Å²) in [5.74, 6) is 0.461. The Hall–Kier alpha value is -1.75. The topological polar surface area (TPSA) is 53.2 Å². The van der Waals surface area contributed by atoms with Gasteiger partial charge in [0.15, 0.2) is 0 Å². The largest absolute Gasteiger partial charge is 0.443 e. The Labute approximate surface area is 152 Å². The number of fused-ring (bicyclic) bond motifs is 1. The molecule has 136 valence electrons. The third-order valence-electron chi connectivity index (χ3n) is 4.63. The minimum Gasteiger partial charge on any atom is -0.443 e. The second-order valence-corrected chi connectivity index (χ2v) is 8.28. The first-order valence-corrected chi connectivity index (χ1v) is 9.28. The van der Waals surface area contributed by atoms with Crippen molar-refractivity contribution >= 4 is 28.7 Å². The van der Waals surface area contributed by atoms with Crippen LogP contribution in [0.1, 0.15) is 52.9 Å². The molecule has 1 aliphatic rings. The third kappa shape index (κ3) is 3.92. The Morgan fingerprint density at radius 2 is 1.88 bits per heavy atom. The van der Waals surface area contributed by atoms with Crippen LogP contribution in [0.2, 0.25) is 5.02 Å². The van der Waals surface area contributed by atoms with Gasteiger partial charge in [-0.15, -0.1) is 0 Å². The van der Waals surface area contributed by atoms with Crippen LogP contribution in [0.25, 0.3) is 11.0 Å². The van der Waals surface area contributed by atoms with Gasteiger partial charge in [0.05, 0.1) is 11.0 Å². The monoisotopic (exact) mass is 364 g/mol. The molecule has 1 fully saturated rings. The van der Waals surface area contributed by atoms with Crippen molar-refractivity contribution < 1.29 is 9.53 Å². The highest BCUT2D eigenvalue weighted by atomic mass is 35.5. The van der Waals surface area contributed by atoms with Gasteiger partial charge in [-0.05, 0) is 57.7 Å². The third-order valence-corrected chi connectivity index (χ3v) is 4.87. The van der Waals surface area contributed by atoms with Crippen LogP contribution in [0.4, 0.5) is 4.79 Å². The van der Waals surface area contributed by atoms with Crippen LogP contribution in [-0.2, 0) is 11.3 Å². The second kappa shape index (κ2) is 6.87. The molecule has 0 unspecified atom stereocenters. The van der Waals surface area contributed by atoms with Gasteiger partial charge in [-0.2, -0.15) is 4.57 Å². The number of carbonyl (C=O) groups excluding carboxylic acids is 1. The quantitative estimate of drug-likeness (QED) is 0.767. The van der Waals surface area contributed by atoms with E-state index in [1.54, 1.807) is 43.5 Å². The Balaban J connectivity index is 2.07. The van der Waals surface area contributed by atoms with E-state index in [2.05, 4.69) is 0 Å². The van der Waals surface area contributed by atoms with Gasteiger partial charge in [-0.1, -0.05) is 30.9 Å². The Morgan fingerprint density at radius 3 is 2.52 bits per heavy atom. The number of benzene rings is 1. The summed E-state index contributed by atoms with van der Waals surface area (Å²) in [5, 5.41) is 0.547. The summed E-state index contributed by atoms with van der Waals surface area (Å²) in [6, 6.07) is 5.15. The van der Waals surface area contributed by atoms with Crippen molar-refractivity contribution in [2.24, 2.45) is 5.92 Å². The van der Waals surface area contributed by atoms with Crippen molar-refractivity contribution in [3.05, 3.63) is 33.7 Å². The van der Waals surface area contributed by atoms with Gasteiger partial charge in [0.1, 0.15) is 5.60 Å². The lowest BCUT2D eigenvalue weighted by molar-refractivity contribution is 0.0536. The maximum absolute atomic E-state index is 13.0. The van der Waals surface area contributed by atoms with Gasteiger partial charge in [0, 0.05) is 11.6 Å². The highest BCUT2D eigenvalue weighted by Crippen LogP contribution is 2.27. The zero-order valence-electron chi connectivity index (χ0n) is 15.0. The fourth-order valence-electron chi connectivity index (χ4n) is 3.52. The minimum atomic E-state index is -0.666. The highest BCUT2D eigenvalue weighted by Gasteiger charge is 2.25. The van der Waals surface area contributed by atoms with Gasteiger partial charge in [0.25, 0.3) is 0 Å². The molecule has 0 saturated heterocycles. The Morgan fingerprint density at radius 1 is 1.20 bits per heavy atom. The van der Waals surface area contributed by atoms with Gasteiger partial charge >= 0.3 is 11.8 Å². The van der Waals surface area contributed by atoms with Gasteiger partial charge in [-0.3, -0.25) is 4.57 Å². The molecule has 1 heterocycles. The summed E-state index contributed by atoms with van der Waals surface area (Å²) in [6.07, 6.45) is 5.25. The van der Waals surface area contributed by atoms with Crippen molar-refractivity contribution in [3.63, 3.8) is 0 Å². The smallest absolute Gasteiger partial charge is 0.423 e. The molecule has 0 spiro atoms. The SMILES string of the molecule is CC(C)(C)OC(=O)n1c(=O)n(CC2CCCCC2)c2cc(Cl)ccc21. The minimum absolute atomic E-state index is 0.350. The Kier molecular flexibility index (Phi) is 4.96. The maximum atomic E-state index is 13.0. The predicted octanol–water partition coefficient (Wildman–Crippen LogP) is 4.82. The molecule has 0 radical (unpaired) electrons. The summed E-state index contributed by atoms with van der Waals surface area (Å²) in [4.78, 5) is 25.6. The number of hydrogen-bond acceptors (Lipinski definition) is 3. The summed E-state index contributed by atoms with van der Waals surface area (Å²) >= 11 is 6.14. The van der Waals surface area contributed by atoms with Crippen LogP contribution in [0.15, 0.2) is 23.0 Å². The highest BCUT2D eigenvalue weighted by molar-refractivity contribution is 6.31. The number of rotatable bonds is 2. The summed E-state index contributed by atoms with van der Waals surface area (Å²) in [5.41, 5.74) is 0.214. The van der Waals surface area contributed by atoms with Crippen LogP contribution in [-0.4, -0.2) is 20.8 Å². The van der Waals surface area contributed by atoms with Crippen LogP contribution in [0.5, 0.6) is 0 Å². The number of carbonyl (C=O) groups is 1. The number of imidazole rings is 1. The molecule has 5 nitrogen and oxygen atoms in total. The zero-order valence-corrected chi connectivity index (χ0v) is 15.8. The van der Waals surface area contributed by atoms with Gasteiger partial charge < -0.3 is 4.74 Å². The maximum Gasteiger partial charge on any atom is 0.423 e. The number of ether oxygens (including phenoxy) is 1. The van der Waals surface area contributed by atoms with E-state index in [1.807, 2.05) is 0 Å². The fourth-order valence-corrected chi connectivity index (χ4v) is 3.68. The summed E-state index contributed by atoms with van der Waals surface area (Å²) in [7, 11) is 0. The number of aromatic nitrogens is 2. The standard InChI is InChI=1S/C19H25ClN2O3/c1-19(2,3)25-18(24)22-15-10-9-14(20)11-16(15)21(17(22)23)12-13-7-5-4-6-8-13/h9-11,13H,4-8,12H2,1-3H3. The normalized spacial score (nSPS) is 16.3. The van der Waals surface area contributed by atoms with E-state index in [9.17, 15) is 9.59 Å². The second-order valence-electron chi connectivity index (χ2n) is 7.85. The first-order valence-electron chi connectivity index (χ1n) is 8.90. The van der Waals surface area contributed by atoms with Crippen molar-refractivity contribution in [2.75, 3.05) is 0 Å². The zero-order chi connectivity index (χ0) is 18.2. The van der Waals surface area contributed by atoms with E-state index in [0.717, 1.165) is 17.4 Å². The molecular formula is C19H25ClN2O3. The number of hydrogen-bond donors (Lipinski definition) is 0. The predicted molar refractivity (Wildman–Crippen MR) is 99.4 cm³/mol. The van der Waals surface area contributed by atoms with Gasteiger partial charge in [-0.25, -0.2) is 9.59 Å². The molecular weight excluding hydrogens is 340 g/mol. The molecule has 3 rings (SSSR count). The van der Waals surface area contributed by atoms with Crippen molar-refractivity contribution in [1.29, 1.82) is 0 Å². The van der Waals surface area contributed by atoms with Crippen LogP contribution < -0.4 is 5.69 Å². The molecule has 1 aromatic carbocycles. The molecule has 6 heteroatoms. The van der Waals surface area contributed by atoms with Crippen molar-refractivity contribution in [2.45, 2.75) is 65.0 Å². The van der Waals surface area contributed by atoms with E-state index in [-0.39, 0.29) is 5.69 Å². The average molecular weight is 365 g/mol. The fraction of sp³-hybridized carbons (Fsp3) is 0.579. The lowest BCUT2D eigenvalue weighted by Gasteiger charge is -2.21. The molecule has 0 N–H and O–H groups in total. The molecule has 2 aromatic rings. The van der Waals surface area contributed by atoms with Gasteiger partial charge in [0.2, 0.25) is 0 Å². The van der Waals surface area contributed by atoms with E-state index in [0.29, 0.717) is 28.5 Å². The molecule has 0 aliphatic heterocycles. The first-order chi connectivity index (χ1) is 11.8. The Bertz CT molecular complexity index is 839. The molecule has 1 saturated carbocycles. The van der Waals surface area contributed by atoms with Crippen LogP contribution in [0, 0.1) is 5.92 Å². The van der Waals surface area contributed by atoms with E-state index in [4.69, 9.17) is 16.3 Å². The van der Waals surface area contributed by atoms with Crippen LogP contribution in [0.3, 0.4) is 0 Å². The van der Waals surface area contributed by atoms with E-state index >= 15 is 0 Å². The van der Waals surface area contributed by atoms with E-state index < -0.39 is 11.7 Å². The van der Waals surface area contributed by atoms with Crippen molar-refractivity contribution in [1.82, 2.24) is 9.13 Å². The van der Waals surface area contributed by atoms with Crippen molar-refractivity contribution in [3.8, 4) is 0 Å². The summed E-state index contributed by atoms with van der Waals surface area (Å²) < 4.78 is 8.23. The average Bonchev–Trinajstić information content (AvgIpc) is 2.79. The van der Waals surface area contributed by atoms with Crippen LogP contribution >= 0.6 is 11.6 Å². The molecule has 1 aliphatic carbocycles. The lowest BCUT2D eigenvalue weighted by atomic mass is 9.89. The molecule has 1 aromatic heterocycles. The lowest BCUT2D eigenvalue weighted by Crippen LogP contribution is -2.35. The number of nitrogens with zero attached hydrogens (tertiary/aromatic N) is 2. The first kappa shape index (κ1) is 18.1. The molecule has 0 atom stereocenters. The van der Waals surface area contributed by atoms with E-state index in [1.165, 1.54) is 19.3 Å². The number of halogens is 1.